The highest BCUT2D eigenvalue weighted by Gasteiger charge is 2.38. The largest absolute Gasteiger partial charge is 0.478 e. The number of benzene rings is 1. The maximum Gasteiger partial charge on any atom is 0.337 e. The number of rotatable bonds is 6. The second-order valence-corrected chi connectivity index (χ2v) is 7.34. The zero-order valence-corrected chi connectivity index (χ0v) is 13.2. The van der Waals surface area contributed by atoms with Gasteiger partial charge in [-0.3, -0.25) is 0 Å². The van der Waals surface area contributed by atoms with Gasteiger partial charge in [-0.05, 0) is 25.0 Å². The molecule has 0 radical (unpaired) electrons. The molecule has 0 saturated heterocycles. The van der Waals surface area contributed by atoms with E-state index < -0.39 is 16.0 Å². The van der Waals surface area contributed by atoms with Crippen molar-refractivity contribution in [1.82, 2.24) is 4.31 Å². The van der Waals surface area contributed by atoms with Gasteiger partial charge in [0.25, 0.3) is 0 Å². The van der Waals surface area contributed by atoms with Gasteiger partial charge in [0.2, 0.25) is 10.0 Å². The second-order valence-electron chi connectivity index (χ2n) is 4.66. The Morgan fingerprint density at radius 3 is 2.48 bits per heavy atom. The molecule has 1 aromatic rings. The summed E-state index contributed by atoms with van der Waals surface area (Å²) in [5, 5.41) is 8.86. The first-order valence-electron chi connectivity index (χ1n) is 6.14. The molecule has 114 valence electrons. The van der Waals surface area contributed by atoms with E-state index in [2.05, 4.69) is 6.58 Å². The van der Waals surface area contributed by atoms with Crippen molar-refractivity contribution in [3.8, 4) is 0 Å². The highest BCUT2D eigenvalue weighted by atomic mass is 35.5. The lowest BCUT2D eigenvalue weighted by Crippen LogP contribution is -2.33. The van der Waals surface area contributed by atoms with E-state index in [4.69, 9.17) is 28.3 Å². The Kier molecular flexibility index (Phi) is 4.63. The predicted octanol–water partition coefficient (Wildman–Crippen LogP) is 3.03. The summed E-state index contributed by atoms with van der Waals surface area (Å²) in [6.07, 6.45) is 3.02. The van der Waals surface area contributed by atoms with E-state index in [0.717, 1.165) is 25.0 Å². The molecule has 2 rings (SSSR count). The lowest BCUT2D eigenvalue weighted by atomic mass is 10.2. The molecule has 8 heteroatoms. The summed E-state index contributed by atoms with van der Waals surface area (Å²) in [6, 6.07) is 2.05. The van der Waals surface area contributed by atoms with Crippen LogP contribution in [0.15, 0.2) is 29.7 Å². The third-order valence-electron chi connectivity index (χ3n) is 3.10. The summed E-state index contributed by atoms with van der Waals surface area (Å²) in [4.78, 5) is 10.9. The van der Waals surface area contributed by atoms with Crippen LogP contribution in [-0.4, -0.2) is 36.4 Å². The lowest BCUT2D eigenvalue weighted by Gasteiger charge is -2.21. The van der Waals surface area contributed by atoms with Gasteiger partial charge < -0.3 is 5.11 Å². The summed E-state index contributed by atoms with van der Waals surface area (Å²) in [5.74, 6) is -1.31. The molecular weight excluding hydrogens is 337 g/mol. The van der Waals surface area contributed by atoms with E-state index in [9.17, 15) is 13.2 Å². The molecule has 0 aliphatic heterocycles. The summed E-state index contributed by atoms with van der Waals surface area (Å²) >= 11 is 11.7. The molecule has 0 bridgehead atoms. The summed E-state index contributed by atoms with van der Waals surface area (Å²) < 4.78 is 26.6. The van der Waals surface area contributed by atoms with Crippen molar-refractivity contribution in [1.29, 1.82) is 0 Å². The monoisotopic (exact) mass is 349 g/mol. The molecule has 1 N–H and O–H groups in total. The lowest BCUT2D eigenvalue weighted by molar-refractivity contribution is 0.0697. The van der Waals surface area contributed by atoms with E-state index in [1.165, 1.54) is 10.4 Å². The van der Waals surface area contributed by atoms with Crippen LogP contribution in [0.25, 0.3) is 0 Å². The smallest absolute Gasteiger partial charge is 0.337 e. The fourth-order valence-corrected chi connectivity index (χ4v) is 4.44. The average Bonchev–Trinajstić information content (AvgIpc) is 3.18. The normalized spacial score (nSPS) is 15.2. The van der Waals surface area contributed by atoms with Crippen LogP contribution in [-0.2, 0) is 10.0 Å². The molecule has 0 aromatic heterocycles. The van der Waals surface area contributed by atoms with Crippen molar-refractivity contribution in [2.24, 2.45) is 0 Å². The molecule has 0 unspecified atom stereocenters. The van der Waals surface area contributed by atoms with Crippen LogP contribution in [0.1, 0.15) is 23.2 Å². The van der Waals surface area contributed by atoms with Crippen molar-refractivity contribution in [2.45, 2.75) is 23.8 Å². The molecule has 0 spiro atoms. The van der Waals surface area contributed by atoms with Crippen molar-refractivity contribution >= 4 is 39.2 Å². The highest BCUT2D eigenvalue weighted by molar-refractivity contribution is 7.89. The molecule has 1 aliphatic carbocycles. The van der Waals surface area contributed by atoms with Gasteiger partial charge in [-0.25, -0.2) is 13.2 Å². The first-order chi connectivity index (χ1) is 9.78. The average molecular weight is 350 g/mol. The van der Waals surface area contributed by atoms with E-state index in [1.54, 1.807) is 0 Å². The number of nitrogens with zero attached hydrogens (tertiary/aromatic N) is 1. The van der Waals surface area contributed by atoms with E-state index in [-0.39, 0.29) is 33.1 Å². The Bertz CT molecular complexity index is 698. The molecule has 0 heterocycles. The predicted molar refractivity (Wildman–Crippen MR) is 80.5 cm³/mol. The molecule has 1 saturated carbocycles. The van der Waals surface area contributed by atoms with Crippen LogP contribution in [0.2, 0.25) is 10.0 Å². The molecule has 21 heavy (non-hydrogen) atoms. The number of hydrogen-bond donors (Lipinski definition) is 1. The Labute approximate surface area is 132 Å². The van der Waals surface area contributed by atoms with E-state index in [1.807, 2.05) is 0 Å². The Morgan fingerprint density at radius 1 is 1.38 bits per heavy atom. The van der Waals surface area contributed by atoms with Gasteiger partial charge in [-0.2, -0.15) is 4.31 Å². The van der Waals surface area contributed by atoms with Gasteiger partial charge in [0.1, 0.15) is 4.90 Å². The molecule has 1 aromatic carbocycles. The SMILES string of the molecule is C=CCN(C1CC1)S(=O)(=O)c1cc(C(=O)O)c(Cl)cc1Cl. The number of hydrogen-bond acceptors (Lipinski definition) is 3. The van der Waals surface area contributed by atoms with Crippen molar-refractivity contribution in [3.63, 3.8) is 0 Å². The molecular formula is C13H13Cl2NO4S. The Morgan fingerprint density at radius 2 is 2.00 bits per heavy atom. The standard InChI is InChI=1S/C13H13Cl2NO4S/c1-2-5-16(8-3-4-8)21(19,20)12-6-9(13(17)18)10(14)7-11(12)15/h2,6-8H,1,3-5H2,(H,17,18). The number of aromatic carboxylic acids is 1. The van der Waals surface area contributed by atoms with Gasteiger partial charge in [0, 0.05) is 12.6 Å². The van der Waals surface area contributed by atoms with Crippen LogP contribution in [0.5, 0.6) is 0 Å². The maximum absolute atomic E-state index is 12.7. The maximum atomic E-state index is 12.7. The third kappa shape index (κ3) is 3.23. The molecule has 0 atom stereocenters. The Hall–Kier alpha value is -1.08. The number of carboxylic acid groups (broad SMARTS) is 1. The van der Waals surface area contributed by atoms with Gasteiger partial charge in [0.05, 0.1) is 15.6 Å². The summed E-state index contributed by atoms with van der Waals surface area (Å²) in [7, 11) is -3.90. The minimum absolute atomic E-state index is 0.0898. The van der Waals surface area contributed by atoms with Crippen LogP contribution in [0.3, 0.4) is 0 Å². The third-order valence-corrected chi connectivity index (χ3v) is 5.80. The fraction of sp³-hybridized carbons (Fsp3) is 0.308. The quantitative estimate of drug-likeness (QED) is 0.801. The minimum atomic E-state index is -3.90. The summed E-state index contributed by atoms with van der Waals surface area (Å²) in [5.41, 5.74) is -0.297. The zero-order valence-electron chi connectivity index (χ0n) is 10.9. The minimum Gasteiger partial charge on any atom is -0.478 e. The van der Waals surface area contributed by atoms with Crippen LogP contribution >= 0.6 is 23.2 Å². The van der Waals surface area contributed by atoms with E-state index in [0.29, 0.717) is 0 Å². The fourth-order valence-electron chi connectivity index (χ4n) is 1.95. The van der Waals surface area contributed by atoms with Crippen LogP contribution in [0, 0.1) is 0 Å². The number of carboxylic acids is 1. The van der Waals surface area contributed by atoms with Gasteiger partial charge in [-0.1, -0.05) is 29.3 Å². The van der Waals surface area contributed by atoms with Crippen molar-refractivity contribution in [3.05, 3.63) is 40.4 Å². The number of halogens is 2. The van der Waals surface area contributed by atoms with Gasteiger partial charge in [-0.15, -0.1) is 6.58 Å². The Balaban J connectivity index is 2.55. The van der Waals surface area contributed by atoms with Crippen molar-refractivity contribution in [2.75, 3.05) is 6.54 Å². The first-order valence-corrected chi connectivity index (χ1v) is 8.33. The van der Waals surface area contributed by atoms with Crippen LogP contribution < -0.4 is 0 Å². The number of carbonyl (C=O) groups is 1. The van der Waals surface area contributed by atoms with Gasteiger partial charge in [0.15, 0.2) is 0 Å². The van der Waals surface area contributed by atoms with Crippen molar-refractivity contribution < 1.29 is 18.3 Å². The second kappa shape index (κ2) is 5.96. The highest BCUT2D eigenvalue weighted by Crippen LogP contribution is 2.36. The zero-order chi connectivity index (χ0) is 15.8. The molecule has 5 nitrogen and oxygen atoms in total. The van der Waals surface area contributed by atoms with Gasteiger partial charge >= 0.3 is 5.97 Å². The number of sulfonamides is 1. The summed E-state index contributed by atoms with van der Waals surface area (Å²) in [6.45, 7) is 3.69. The molecule has 1 fully saturated rings. The van der Waals surface area contributed by atoms with E-state index >= 15 is 0 Å². The topological polar surface area (TPSA) is 74.7 Å². The van der Waals surface area contributed by atoms with Crippen LogP contribution in [0.4, 0.5) is 0 Å². The molecule has 1 aliphatic rings. The first kappa shape index (κ1) is 16.3. The molecule has 0 amide bonds.